The molecule has 0 atom stereocenters. The molecular formula is C9H10N4S2. The number of para-hydroxylation sites is 1. The molecule has 0 radical (unpaired) electrons. The van der Waals surface area contributed by atoms with Crippen LogP contribution in [0.2, 0.25) is 0 Å². The van der Waals surface area contributed by atoms with Crippen molar-refractivity contribution in [3.05, 3.63) is 29.0 Å². The molecule has 6 heteroatoms. The molecule has 0 bridgehead atoms. The highest BCUT2D eigenvalue weighted by atomic mass is 32.2. The molecule has 4 nitrogen and oxygen atoms in total. The molecule has 0 amide bonds. The van der Waals surface area contributed by atoms with E-state index in [4.69, 9.17) is 12.2 Å². The molecule has 15 heavy (non-hydrogen) atoms. The van der Waals surface area contributed by atoms with Crippen molar-refractivity contribution in [3.8, 4) is 5.69 Å². The van der Waals surface area contributed by atoms with E-state index in [0.717, 1.165) is 10.6 Å². The van der Waals surface area contributed by atoms with Gasteiger partial charge in [0.15, 0.2) is 0 Å². The lowest BCUT2D eigenvalue weighted by atomic mass is 10.3. The Balaban J connectivity index is 2.64. The summed E-state index contributed by atoms with van der Waals surface area (Å²) in [6, 6.07) is 7.98. The average Bonchev–Trinajstić information content (AvgIpc) is 2.60. The lowest BCUT2D eigenvalue weighted by Gasteiger charge is -2.04. The van der Waals surface area contributed by atoms with Crippen molar-refractivity contribution in [2.45, 2.75) is 4.90 Å². The van der Waals surface area contributed by atoms with E-state index in [-0.39, 0.29) is 0 Å². The minimum atomic E-state index is 0.594. The van der Waals surface area contributed by atoms with Crippen LogP contribution in [0.15, 0.2) is 29.2 Å². The number of aromatic nitrogens is 4. The third kappa shape index (κ3) is 1.82. The van der Waals surface area contributed by atoms with Gasteiger partial charge in [-0.25, -0.2) is 4.68 Å². The Bertz CT molecular complexity index is 529. The van der Waals surface area contributed by atoms with Crippen molar-refractivity contribution >= 4 is 24.0 Å². The van der Waals surface area contributed by atoms with Crippen LogP contribution in [0.25, 0.3) is 5.69 Å². The third-order valence-electron chi connectivity index (χ3n) is 2.03. The molecule has 0 saturated carbocycles. The SMILES string of the molecule is CSc1ccccc1-n1nnn(C)c1=S. The highest BCUT2D eigenvalue weighted by Gasteiger charge is 2.06. The number of thioether (sulfide) groups is 1. The summed E-state index contributed by atoms with van der Waals surface area (Å²) in [5.41, 5.74) is 0.975. The highest BCUT2D eigenvalue weighted by molar-refractivity contribution is 7.98. The fourth-order valence-corrected chi connectivity index (χ4v) is 2.02. The molecule has 2 rings (SSSR count). The zero-order chi connectivity index (χ0) is 10.8. The van der Waals surface area contributed by atoms with E-state index in [0.29, 0.717) is 4.77 Å². The molecule has 0 saturated heterocycles. The minimum Gasteiger partial charge on any atom is -0.221 e. The summed E-state index contributed by atoms with van der Waals surface area (Å²) in [6.45, 7) is 0. The first-order chi connectivity index (χ1) is 7.24. The third-order valence-corrected chi connectivity index (χ3v) is 3.26. The van der Waals surface area contributed by atoms with Crippen LogP contribution in [0.4, 0.5) is 0 Å². The van der Waals surface area contributed by atoms with Gasteiger partial charge in [0.25, 0.3) is 0 Å². The molecule has 1 heterocycles. The van der Waals surface area contributed by atoms with Crippen molar-refractivity contribution in [2.24, 2.45) is 7.05 Å². The zero-order valence-corrected chi connectivity index (χ0v) is 10.0. The number of aryl methyl sites for hydroxylation is 1. The number of rotatable bonds is 2. The normalized spacial score (nSPS) is 10.5. The van der Waals surface area contributed by atoms with Crippen LogP contribution in [0.3, 0.4) is 0 Å². The molecule has 2 aromatic rings. The Morgan fingerprint density at radius 3 is 2.60 bits per heavy atom. The van der Waals surface area contributed by atoms with Gasteiger partial charge in [0, 0.05) is 11.9 Å². The minimum absolute atomic E-state index is 0.594. The summed E-state index contributed by atoms with van der Waals surface area (Å²) < 4.78 is 3.84. The van der Waals surface area contributed by atoms with Gasteiger partial charge < -0.3 is 0 Å². The molecule has 0 N–H and O–H groups in total. The molecule has 78 valence electrons. The summed E-state index contributed by atoms with van der Waals surface area (Å²) in [7, 11) is 1.79. The first-order valence-electron chi connectivity index (χ1n) is 4.36. The molecule has 0 aliphatic carbocycles. The fraction of sp³-hybridized carbons (Fsp3) is 0.222. The van der Waals surface area contributed by atoms with E-state index >= 15 is 0 Å². The van der Waals surface area contributed by atoms with E-state index in [1.54, 1.807) is 28.2 Å². The van der Waals surface area contributed by atoms with Gasteiger partial charge >= 0.3 is 0 Å². The second-order valence-electron chi connectivity index (χ2n) is 2.97. The van der Waals surface area contributed by atoms with Crippen molar-refractivity contribution in [3.63, 3.8) is 0 Å². The largest absolute Gasteiger partial charge is 0.221 e. The van der Waals surface area contributed by atoms with E-state index in [9.17, 15) is 0 Å². The first kappa shape index (κ1) is 10.4. The number of benzene rings is 1. The number of nitrogens with zero attached hydrogens (tertiary/aromatic N) is 4. The van der Waals surface area contributed by atoms with Crippen LogP contribution < -0.4 is 0 Å². The Morgan fingerprint density at radius 2 is 2.00 bits per heavy atom. The maximum Gasteiger partial charge on any atom is 0.220 e. The predicted octanol–water partition coefficient (Wildman–Crippen LogP) is 2.06. The standard InChI is InChI=1S/C9H10N4S2/c1-12-9(14)13(11-10-12)7-5-3-4-6-8(7)15-2/h3-6H,1-2H3. The molecular weight excluding hydrogens is 228 g/mol. The van der Waals surface area contributed by atoms with E-state index in [1.165, 1.54) is 0 Å². The van der Waals surface area contributed by atoms with Crippen molar-refractivity contribution in [2.75, 3.05) is 6.26 Å². The number of hydrogen-bond acceptors (Lipinski definition) is 4. The van der Waals surface area contributed by atoms with Crippen molar-refractivity contribution < 1.29 is 0 Å². The summed E-state index contributed by atoms with van der Waals surface area (Å²) in [5, 5.41) is 7.89. The van der Waals surface area contributed by atoms with E-state index in [1.807, 2.05) is 30.5 Å². The van der Waals surface area contributed by atoms with Gasteiger partial charge in [-0.1, -0.05) is 12.1 Å². The molecule has 1 aromatic carbocycles. The van der Waals surface area contributed by atoms with Crippen LogP contribution in [-0.4, -0.2) is 26.0 Å². The molecule has 0 spiro atoms. The summed E-state index contributed by atoms with van der Waals surface area (Å²) in [6.07, 6.45) is 2.03. The van der Waals surface area contributed by atoms with Crippen molar-refractivity contribution in [1.29, 1.82) is 0 Å². The quantitative estimate of drug-likeness (QED) is 0.592. The fourth-order valence-electron chi connectivity index (χ4n) is 1.27. The summed E-state index contributed by atoms with van der Waals surface area (Å²) in [5.74, 6) is 0. The van der Waals surface area contributed by atoms with Crippen LogP contribution >= 0.6 is 24.0 Å². The highest BCUT2D eigenvalue weighted by Crippen LogP contribution is 2.22. The topological polar surface area (TPSA) is 35.6 Å². The summed E-state index contributed by atoms with van der Waals surface area (Å²) >= 11 is 6.87. The predicted molar refractivity (Wildman–Crippen MR) is 62.9 cm³/mol. The van der Waals surface area contributed by atoms with Crippen LogP contribution in [0.5, 0.6) is 0 Å². The second-order valence-corrected chi connectivity index (χ2v) is 4.18. The first-order valence-corrected chi connectivity index (χ1v) is 5.99. The van der Waals surface area contributed by atoms with E-state index < -0.39 is 0 Å². The van der Waals surface area contributed by atoms with Crippen LogP contribution in [0, 0.1) is 4.77 Å². The Morgan fingerprint density at radius 1 is 1.27 bits per heavy atom. The lowest BCUT2D eigenvalue weighted by Crippen LogP contribution is -1.99. The monoisotopic (exact) mass is 238 g/mol. The molecule has 1 aromatic heterocycles. The smallest absolute Gasteiger partial charge is 0.220 e. The van der Waals surface area contributed by atoms with Gasteiger partial charge in [-0.2, -0.15) is 4.68 Å². The Labute approximate surface area is 96.9 Å². The van der Waals surface area contributed by atoms with Gasteiger partial charge in [-0.15, -0.1) is 11.8 Å². The van der Waals surface area contributed by atoms with Crippen LogP contribution in [-0.2, 0) is 7.05 Å². The van der Waals surface area contributed by atoms with Gasteiger partial charge in [0.05, 0.1) is 5.69 Å². The second kappa shape index (κ2) is 4.16. The Kier molecular flexibility index (Phi) is 2.88. The maximum atomic E-state index is 5.21. The molecule has 0 unspecified atom stereocenters. The van der Waals surface area contributed by atoms with Crippen molar-refractivity contribution in [1.82, 2.24) is 19.8 Å². The maximum absolute atomic E-state index is 5.21. The number of hydrogen-bond donors (Lipinski definition) is 0. The van der Waals surface area contributed by atoms with E-state index in [2.05, 4.69) is 10.4 Å². The lowest BCUT2D eigenvalue weighted by molar-refractivity contribution is 0.698. The van der Waals surface area contributed by atoms with Gasteiger partial charge in [0.2, 0.25) is 4.77 Å². The molecule has 0 aliphatic heterocycles. The molecule has 0 fully saturated rings. The van der Waals surface area contributed by atoms with Gasteiger partial charge in [-0.3, -0.25) is 0 Å². The molecule has 0 aliphatic rings. The van der Waals surface area contributed by atoms with Gasteiger partial charge in [-0.05, 0) is 41.0 Å². The number of tetrazole rings is 1. The van der Waals surface area contributed by atoms with Gasteiger partial charge in [0.1, 0.15) is 0 Å². The summed E-state index contributed by atoms with van der Waals surface area (Å²) in [4.78, 5) is 1.13. The Hall–Kier alpha value is -1.14. The van der Waals surface area contributed by atoms with Crippen LogP contribution in [0.1, 0.15) is 0 Å². The zero-order valence-electron chi connectivity index (χ0n) is 8.41. The average molecular weight is 238 g/mol.